The van der Waals surface area contributed by atoms with E-state index < -0.39 is 35.3 Å². The van der Waals surface area contributed by atoms with Gasteiger partial charge in [0.15, 0.2) is 5.13 Å². The normalized spacial score (nSPS) is 16.6. The summed E-state index contributed by atoms with van der Waals surface area (Å²) in [6, 6.07) is 10.4. The minimum atomic E-state index is -1.11. The Morgan fingerprint density at radius 2 is 1.86 bits per heavy atom. The van der Waals surface area contributed by atoms with Gasteiger partial charge in [-0.05, 0) is 55.8 Å². The molecule has 1 aliphatic heterocycles. The highest BCUT2D eigenvalue weighted by molar-refractivity contribution is 7.17. The van der Waals surface area contributed by atoms with Gasteiger partial charge < -0.3 is 14.6 Å². The Hall–Kier alpha value is -4.31. The van der Waals surface area contributed by atoms with E-state index in [2.05, 4.69) is 11.6 Å². The molecule has 10 heteroatoms. The van der Waals surface area contributed by atoms with Crippen molar-refractivity contribution in [1.29, 1.82) is 0 Å². The van der Waals surface area contributed by atoms with Gasteiger partial charge in [-0.15, -0.1) is 0 Å². The van der Waals surface area contributed by atoms with E-state index >= 15 is 0 Å². The monoisotopic (exact) mass is 522 g/mol. The van der Waals surface area contributed by atoms with E-state index in [1.807, 2.05) is 0 Å². The van der Waals surface area contributed by atoms with Crippen LogP contribution in [0.2, 0.25) is 0 Å². The Morgan fingerprint density at radius 1 is 1.19 bits per heavy atom. The van der Waals surface area contributed by atoms with Crippen molar-refractivity contribution in [2.75, 3.05) is 18.1 Å². The summed E-state index contributed by atoms with van der Waals surface area (Å²) < 4.78 is 24.2. The van der Waals surface area contributed by atoms with E-state index in [1.165, 1.54) is 24.3 Å². The summed E-state index contributed by atoms with van der Waals surface area (Å²) in [4.78, 5) is 44.5. The molecule has 0 aliphatic carbocycles. The average Bonchev–Trinajstić information content (AvgIpc) is 3.40. The highest BCUT2D eigenvalue weighted by Gasteiger charge is 2.48. The number of ether oxygens (including phenoxy) is 2. The molecule has 3 aromatic rings. The summed E-state index contributed by atoms with van der Waals surface area (Å²) in [6.45, 7) is 7.30. The molecule has 1 N–H and O–H groups in total. The number of ketones is 1. The number of amides is 1. The van der Waals surface area contributed by atoms with Crippen LogP contribution in [-0.4, -0.2) is 41.0 Å². The van der Waals surface area contributed by atoms with Crippen molar-refractivity contribution in [3.8, 4) is 5.75 Å². The molecule has 190 valence electrons. The molecule has 4 rings (SSSR count). The van der Waals surface area contributed by atoms with Gasteiger partial charge in [-0.2, -0.15) is 0 Å². The van der Waals surface area contributed by atoms with Gasteiger partial charge in [0.05, 0.1) is 23.9 Å². The predicted molar refractivity (Wildman–Crippen MR) is 136 cm³/mol. The predicted octanol–water partition coefficient (Wildman–Crippen LogP) is 4.96. The number of Topliss-reactive ketones (excluding diaryl/α,β-unsaturated/α-hetero) is 1. The second-order valence-electron chi connectivity index (χ2n) is 7.98. The quantitative estimate of drug-likeness (QED) is 0.147. The van der Waals surface area contributed by atoms with Gasteiger partial charge in [0.25, 0.3) is 5.78 Å². The third-order valence-corrected chi connectivity index (χ3v) is 6.71. The molecule has 1 unspecified atom stereocenters. The van der Waals surface area contributed by atoms with Crippen LogP contribution in [0.1, 0.15) is 39.5 Å². The van der Waals surface area contributed by atoms with Gasteiger partial charge in [-0.3, -0.25) is 14.5 Å². The van der Waals surface area contributed by atoms with Crippen LogP contribution in [0, 0.1) is 12.7 Å². The van der Waals surface area contributed by atoms with Crippen molar-refractivity contribution < 1.29 is 33.4 Å². The van der Waals surface area contributed by atoms with Crippen LogP contribution in [0.4, 0.5) is 9.52 Å². The molecule has 0 bridgehead atoms. The molecule has 1 fully saturated rings. The molecular weight excluding hydrogens is 499 g/mol. The number of carbonyl (C=O) groups is 3. The fraction of sp³-hybridized carbons (Fsp3) is 0.185. The lowest BCUT2D eigenvalue weighted by Gasteiger charge is -2.23. The molecular formula is C27H23FN2O6S. The molecule has 2 heterocycles. The van der Waals surface area contributed by atoms with Gasteiger partial charge >= 0.3 is 11.9 Å². The zero-order valence-corrected chi connectivity index (χ0v) is 20.9. The fourth-order valence-corrected chi connectivity index (χ4v) is 4.87. The second kappa shape index (κ2) is 10.8. The smallest absolute Gasteiger partial charge is 0.350 e. The van der Waals surface area contributed by atoms with E-state index in [9.17, 15) is 23.9 Å². The first-order chi connectivity index (χ1) is 17.8. The number of halogens is 1. The van der Waals surface area contributed by atoms with Gasteiger partial charge in [0.1, 0.15) is 28.8 Å². The first-order valence-corrected chi connectivity index (χ1v) is 12.1. The number of rotatable bonds is 8. The van der Waals surface area contributed by atoms with Crippen LogP contribution >= 0.6 is 11.3 Å². The minimum absolute atomic E-state index is 0.0733. The summed E-state index contributed by atoms with van der Waals surface area (Å²) in [7, 11) is 0. The van der Waals surface area contributed by atoms with Crippen LogP contribution in [0.3, 0.4) is 0 Å². The third kappa shape index (κ3) is 5.01. The molecule has 0 spiro atoms. The average molecular weight is 523 g/mol. The molecule has 2 aromatic carbocycles. The Balaban J connectivity index is 1.84. The van der Waals surface area contributed by atoms with Crippen molar-refractivity contribution in [1.82, 2.24) is 4.98 Å². The Labute approximate surface area is 216 Å². The van der Waals surface area contributed by atoms with Gasteiger partial charge in [-0.1, -0.05) is 36.1 Å². The topological polar surface area (TPSA) is 106 Å². The summed E-state index contributed by atoms with van der Waals surface area (Å²) in [6.07, 6.45) is 1.59. The standard InChI is InChI=1S/C27H23FN2O6S/c1-4-14-36-19-12-8-17(9-13-19)22(31)20-21(16-6-10-18(28)11-7-16)30(25(33)23(20)32)27-29-15(3)24(37-27)26(34)35-5-2/h4,6-13,21,31H,1,5,14H2,2-3H3. The molecule has 1 amide bonds. The summed E-state index contributed by atoms with van der Waals surface area (Å²) in [5, 5.41) is 11.3. The maximum atomic E-state index is 13.7. The lowest BCUT2D eigenvalue weighted by Crippen LogP contribution is -2.29. The summed E-state index contributed by atoms with van der Waals surface area (Å²) in [5.74, 6) is -2.88. The number of thiazole rings is 1. The molecule has 8 nitrogen and oxygen atoms in total. The largest absolute Gasteiger partial charge is 0.507 e. The van der Waals surface area contributed by atoms with Crippen molar-refractivity contribution in [2.45, 2.75) is 19.9 Å². The van der Waals surface area contributed by atoms with Crippen molar-refractivity contribution in [3.63, 3.8) is 0 Å². The SMILES string of the molecule is C=CCOc1ccc(C(O)=C2C(=O)C(=O)N(c3nc(C)c(C(=O)OCC)s3)C2c2ccc(F)cc2)cc1. The van der Waals surface area contributed by atoms with Crippen molar-refractivity contribution in [3.05, 3.63) is 94.3 Å². The van der Waals surface area contributed by atoms with E-state index in [-0.39, 0.29) is 27.8 Å². The number of hydrogen-bond donors (Lipinski definition) is 1. The molecule has 1 saturated heterocycles. The maximum absolute atomic E-state index is 13.7. The van der Waals surface area contributed by atoms with Crippen molar-refractivity contribution >= 4 is 39.9 Å². The number of hydrogen-bond acceptors (Lipinski definition) is 8. The Morgan fingerprint density at radius 3 is 2.49 bits per heavy atom. The molecule has 0 saturated carbocycles. The van der Waals surface area contributed by atoms with Crippen LogP contribution in [-0.2, 0) is 14.3 Å². The van der Waals surface area contributed by atoms with Crippen LogP contribution < -0.4 is 9.64 Å². The highest BCUT2D eigenvalue weighted by atomic mass is 32.1. The molecule has 0 radical (unpaired) electrons. The molecule has 1 aromatic heterocycles. The molecule has 1 aliphatic rings. The highest BCUT2D eigenvalue weighted by Crippen LogP contribution is 2.44. The minimum Gasteiger partial charge on any atom is -0.507 e. The Bertz CT molecular complexity index is 1400. The number of anilines is 1. The number of benzene rings is 2. The third-order valence-electron chi connectivity index (χ3n) is 5.58. The van der Waals surface area contributed by atoms with Crippen LogP contribution in [0.25, 0.3) is 5.76 Å². The zero-order chi connectivity index (χ0) is 26.7. The van der Waals surface area contributed by atoms with Crippen LogP contribution in [0.15, 0.2) is 66.8 Å². The number of aliphatic hydroxyl groups is 1. The van der Waals surface area contributed by atoms with E-state index in [4.69, 9.17) is 9.47 Å². The van der Waals surface area contributed by atoms with E-state index in [1.54, 1.807) is 44.2 Å². The van der Waals surface area contributed by atoms with Gasteiger partial charge in [0.2, 0.25) is 0 Å². The number of aromatic nitrogens is 1. The number of aliphatic hydroxyl groups excluding tert-OH is 1. The lowest BCUT2D eigenvalue weighted by atomic mass is 9.95. The van der Waals surface area contributed by atoms with Gasteiger partial charge in [-0.25, -0.2) is 14.2 Å². The Kier molecular flexibility index (Phi) is 7.49. The number of nitrogens with zero attached hydrogens (tertiary/aromatic N) is 2. The number of aryl methyl sites for hydroxylation is 1. The summed E-state index contributed by atoms with van der Waals surface area (Å²) in [5.41, 5.74) is 0.785. The van der Waals surface area contributed by atoms with Crippen LogP contribution in [0.5, 0.6) is 5.75 Å². The first kappa shape index (κ1) is 25.8. The molecule has 37 heavy (non-hydrogen) atoms. The lowest BCUT2D eigenvalue weighted by molar-refractivity contribution is -0.132. The number of esters is 1. The zero-order valence-electron chi connectivity index (χ0n) is 20.1. The van der Waals surface area contributed by atoms with E-state index in [0.717, 1.165) is 16.2 Å². The number of carbonyl (C=O) groups excluding carboxylic acids is 3. The molecule has 1 atom stereocenters. The second-order valence-corrected chi connectivity index (χ2v) is 8.95. The maximum Gasteiger partial charge on any atom is 0.350 e. The van der Waals surface area contributed by atoms with E-state index in [0.29, 0.717) is 23.6 Å². The fourth-order valence-electron chi connectivity index (χ4n) is 3.88. The summed E-state index contributed by atoms with van der Waals surface area (Å²) >= 11 is 0.896. The van der Waals surface area contributed by atoms with Gasteiger partial charge in [0, 0.05) is 5.56 Å². The van der Waals surface area contributed by atoms with Crippen molar-refractivity contribution in [2.24, 2.45) is 0 Å². The first-order valence-electron chi connectivity index (χ1n) is 11.3.